The van der Waals surface area contributed by atoms with Crippen molar-refractivity contribution in [1.82, 2.24) is 9.80 Å². The maximum atomic E-state index is 13.9. The average Bonchev–Trinajstić information content (AvgIpc) is 2.69. The Balaban J connectivity index is 1.63. The summed E-state index contributed by atoms with van der Waals surface area (Å²) in [6.45, 7) is 14.4. The summed E-state index contributed by atoms with van der Waals surface area (Å²) in [6.07, 6.45) is 6.21. The van der Waals surface area contributed by atoms with Gasteiger partial charge in [-0.1, -0.05) is 53.2 Å². The molecule has 4 nitrogen and oxygen atoms in total. The van der Waals surface area contributed by atoms with Crippen LogP contribution in [-0.2, 0) is 16.6 Å². The molecular formula is C26H40N2O2. The number of aromatic hydroxyl groups is 1. The van der Waals surface area contributed by atoms with Gasteiger partial charge >= 0.3 is 0 Å². The van der Waals surface area contributed by atoms with Crippen LogP contribution in [-0.4, -0.2) is 52.5 Å². The van der Waals surface area contributed by atoms with Gasteiger partial charge in [-0.2, -0.15) is 0 Å². The average molecular weight is 413 g/mol. The first kappa shape index (κ1) is 21.7. The van der Waals surface area contributed by atoms with Gasteiger partial charge in [-0.05, 0) is 73.7 Å². The van der Waals surface area contributed by atoms with Gasteiger partial charge in [-0.25, -0.2) is 0 Å². The lowest BCUT2D eigenvalue weighted by Crippen LogP contribution is -2.67. The zero-order valence-electron chi connectivity index (χ0n) is 19.6. The molecule has 1 amide bonds. The molecule has 2 bridgehead atoms. The summed E-state index contributed by atoms with van der Waals surface area (Å²) in [7, 11) is 0. The number of phenols is 1. The Morgan fingerprint density at radius 2 is 1.97 bits per heavy atom. The van der Waals surface area contributed by atoms with Crippen molar-refractivity contribution in [2.45, 2.75) is 90.6 Å². The van der Waals surface area contributed by atoms with Crippen LogP contribution in [0, 0.1) is 11.3 Å². The topological polar surface area (TPSA) is 43.8 Å². The van der Waals surface area contributed by atoms with Gasteiger partial charge in [0.2, 0.25) is 5.91 Å². The molecule has 2 aliphatic heterocycles. The first-order valence-corrected chi connectivity index (χ1v) is 12.0. The molecule has 0 aromatic heterocycles. The molecule has 4 rings (SSSR count). The van der Waals surface area contributed by atoms with Crippen molar-refractivity contribution >= 4 is 5.91 Å². The van der Waals surface area contributed by atoms with E-state index >= 15 is 0 Å². The number of rotatable bonds is 4. The summed E-state index contributed by atoms with van der Waals surface area (Å²) < 4.78 is 0. The predicted octanol–water partition coefficient (Wildman–Crippen LogP) is 4.73. The third kappa shape index (κ3) is 3.36. The van der Waals surface area contributed by atoms with Crippen molar-refractivity contribution in [3.8, 4) is 5.75 Å². The highest BCUT2D eigenvalue weighted by Crippen LogP contribution is 2.57. The summed E-state index contributed by atoms with van der Waals surface area (Å²) in [4.78, 5) is 18.6. The summed E-state index contributed by atoms with van der Waals surface area (Å²) in [6, 6.07) is 6.14. The zero-order valence-corrected chi connectivity index (χ0v) is 19.6. The molecule has 0 radical (unpaired) electrons. The van der Waals surface area contributed by atoms with E-state index in [4.69, 9.17) is 0 Å². The van der Waals surface area contributed by atoms with Crippen molar-refractivity contribution in [1.29, 1.82) is 0 Å². The third-order valence-electron chi connectivity index (χ3n) is 8.80. The molecule has 1 aromatic rings. The number of fused-ring (bicyclic) bond motifs is 4. The Bertz CT molecular complexity index is 802. The number of piperidine rings is 2. The second-order valence-corrected chi connectivity index (χ2v) is 11.1. The van der Waals surface area contributed by atoms with Gasteiger partial charge in [0.05, 0.1) is 6.04 Å². The number of amides is 1. The van der Waals surface area contributed by atoms with Crippen molar-refractivity contribution in [3.05, 3.63) is 29.3 Å². The molecule has 2 heterocycles. The largest absolute Gasteiger partial charge is 0.508 e. The van der Waals surface area contributed by atoms with E-state index in [0.717, 1.165) is 57.3 Å². The fraction of sp³-hybridized carbons (Fsp3) is 0.731. The second kappa shape index (κ2) is 7.85. The van der Waals surface area contributed by atoms with E-state index in [2.05, 4.69) is 50.5 Å². The summed E-state index contributed by atoms with van der Waals surface area (Å²) >= 11 is 0. The third-order valence-corrected chi connectivity index (χ3v) is 8.80. The lowest BCUT2D eigenvalue weighted by atomic mass is 9.51. The smallest absolute Gasteiger partial charge is 0.240 e. The van der Waals surface area contributed by atoms with Gasteiger partial charge in [0, 0.05) is 18.0 Å². The van der Waals surface area contributed by atoms with Gasteiger partial charge < -0.3 is 10.0 Å². The molecule has 4 heteroatoms. The SMILES string of the molecule is CC(C)CCN1CCCCC1C(=O)N1CC[C@@]2(C)c3cccc(O)c3C[C@@H]1C2(C)C. The van der Waals surface area contributed by atoms with Crippen LogP contribution in [0.5, 0.6) is 5.75 Å². The van der Waals surface area contributed by atoms with Crippen LogP contribution in [0.4, 0.5) is 0 Å². The van der Waals surface area contributed by atoms with Crippen LogP contribution in [0.1, 0.15) is 77.8 Å². The predicted molar refractivity (Wildman–Crippen MR) is 122 cm³/mol. The van der Waals surface area contributed by atoms with E-state index in [9.17, 15) is 9.90 Å². The van der Waals surface area contributed by atoms with E-state index in [-0.39, 0.29) is 22.9 Å². The van der Waals surface area contributed by atoms with Crippen LogP contribution < -0.4 is 0 Å². The number of benzene rings is 1. The van der Waals surface area contributed by atoms with Crippen molar-refractivity contribution in [3.63, 3.8) is 0 Å². The van der Waals surface area contributed by atoms with E-state index < -0.39 is 0 Å². The molecule has 0 saturated carbocycles. The molecule has 1 aromatic carbocycles. The Kier molecular flexibility index (Phi) is 5.67. The van der Waals surface area contributed by atoms with E-state index in [1.807, 2.05) is 6.07 Å². The maximum absolute atomic E-state index is 13.9. The van der Waals surface area contributed by atoms with Crippen LogP contribution in [0.15, 0.2) is 18.2 Å². The molecule has 1 unspecified atom stereocenters. The highest BCUT2D eigenvalue weighted by molar-refractivity contribution is 5.83. The lowest BCUT2D eigenvalue weighted by Gasteiger charge is -2.61. The minimum absolute atomic E-state index is 0.0232. The fourth-order valence-corrected chi connectivity index (χ4v) is 6.34. The molecule has 1 aliphatic carbocycles. The van der Waals surface area contributed by atoms with E-state index in [1.165, 1.54) is 12.0 Å². The summed E-state index contributed by atoms with van der Waals surface area (Å²) in [5.74, 6) is 1.39. The number of likely N-dealkylation sites (tertiary alicyclic amines) is 2. The van der Waals surface area contributed by atoms with Crippen LogP contribution in [0.2, 0.25) is 0 Å². The van der Waals surface area contributed by atoms with Crippen LogP contribution in [0.3, 0.4) is 0 Å². The quantitative estimate of drug-likeness (QED) is 0.777. The van der Waals surface area contributed by atoms with Crippen LogP contribution in [0.25, 0.3) is 0 Å². The normalized spacial score (nSPS) is 30.9. The molecule has 3 aliphatic rings. The molecule has 30 heavy (non-hydrogen) atoms. The Morgan fingerprint density at radius 1 is 1.20 bits per heavy atom. The Labute approximate surface area is 182 Å². The lowest BCUT2D eigenvalue weighted by molar-refractivity contribution is -0.151. The van der Waals surface area contributed by atoms with Crippen molar-refractivity contribution in [2.24, 2.45) is 11.3 Å². The fourth-order valence-electron chi connectivity index (χ4n) is 6.34. The number of phenolic OH excluding ortho intramolecular Hbond substituents is 1. The van der Waals surface area contributed by atoms with Crippen LogP contribution >= 0.6 is 0 Å². The molecule has 0 spiro atoms. The van der Waals surface area contributed by atoms with Gasteiger partial charge in [0.25, 0.3) is 0 Å². The van der Waals surface area contributed by atoms with Gasteiger partial charge in [0.15, 0.2) is 0 Å². The molecule has 3 atom stereocenters. The minimum Gasteiger partial charge on any atom is -0.508 e. The van der Waals surface area contributed by atoms with Crippen molar-refractivity contribution < 1.29 is 9.90 Å². The number of hydrogen-bond donors (Lipinski definition) is 1. The monoisotopic (exact) mass is 412 g/mol. The first-order valence-electron chi connectivity index (χ1n) is 12.0. The van der Waals surface area contributed by atoms with E-state index in [1.54, 1.807) is 6.07 Å². The summed E-state index contributed by atoms with van der Waals surface area (Å²) in [5, 5.41) is 10.6. The zero-order chi connectivity index (χ0) is 21.7. The highest BCUT2D eigenvalue weighted by atomic mass is 16.3. The second-order valence-electron chi connectivity index (χ2n) is 11.1. The van der Waals surface area contributed by atoms with Gasteiger partial charge in [-0.15, -0.1) is 0 Å². The van der Waals surface area contributed by atoms with E-state index in [0.29, 0.717) is 17.6 Å². The number of carbonyl (C=O) groups is 1. The summed E-state index contributed by atoms with van der Waals surface area (Å²) in [5.41, 5.74) is 2.29. The van der Waals surface area contributed by atoms with Gasteiger partial charge in [-0.3, -0.25) is 9.69 Å². The maximum Gasteiger partial charge on any atom is 0.240 e. The Morgan fingerprint density at radius 3 is 2.70 bits per heavy atom. The number of carbonyl (C=O) groups excluding carboxylic acids is 1. The minimum atomic E-state index is -0.0286. The number of nitrogens with zero attached hydrogens (tertiary/aromatic N) is 2. The molecule has 2 fully saturated rings. The standard InChI is InChI=1S/C26H40N2O2/c1-18(2)12-15-27-14-7-6-10-21(27)24(30)28-16-13-26(5)20-9-8-11-22(29)19(20)17-23(28)25(26,3)4/h8-9,11,18,21,23,29H,6-7,10,12-17H2,1-5H3/t21?,23-,26+/m1/s1. The number of hydrogen-bond acceptors (Lipinski definition) is 3. The Hall–Kier alpha value is -1.55. The highest BCUT2D eigenvalue weighted by Gasteiger charge is 2.57. The first-order chi connectivity index (χ1) is 14.2. The molecular weight excluding hydrogens is 372 g/mol. The molecule has 1 N–H and O–H groups in total. The molecule has 166 valence electrons. The molecule has 2 saturated heterocycles. The van der Waals surface area contributed by atoms with Gasteiger partial charge in [0.1, 0.15) is 5.75 Å². The van der Waals surface area contributed by atoms with Crippen molar-refractivity contribution in [2.75, 3.05) is 19.6 Å².